The number of anilines is 2. The Morgan fingerprint density at radius 3 is 2.41 bits per heavy atom. The number of ether oxygens (including phenoxy) is 1. The molecule has 4 rings (SSSR count). The fraction of sp³-hybridized carbons (Fsp3) is 0. The minimum absolute atomic E-state index is 0.201. The summed E-state index contributed by atoms with van der Waals surface area (Å²) < 4.78 is 5.97. The van der Waals surface area contributed by atoms with Crippen LogP contribution in [0.2, 0.25) is 0 Å². The van der Waals surface area contributed by atoms with Crippen LogP contribution in [-0.2, 0) is 0 Å². The van der Waals surface area contributed by atoms with Crippen molar-refractivity contribution in [1.29, 1.82) is 0 Å². The fourth-order valence-electron chi connectivity index (χ4n) is 2.67. The lowest BCUT2D eigenvalue weighted by molar-refractivity contribution is 0.464. The Morgan fingerprint density at radius 1 is 0.778 bits per heavy atom. The summed E-state index contributed by atoms with van der Waals surface area (Å²) in [6, 6.07) is 24.0. The quantitative estimate of drug-likeness (QED) is 0.503. The topological polar surface area (TPSA) is 67.3 Å². The molecule has 0 aliphatic heterocycles. The van der Waals surface area contributed by atoms with Gasteiger partial charge in [0.2, 0.25) is 5.88 Å². The van der Waals surface area contributed by atoms with E-state index in [4.69, 9.17) is 4.74 Å². The molecule has 0 fully saturated rings. The summed E-state index contributed by atoms with van der Waals surface area (Å²) in [7, 11) is 0. The smallest absolute Gasteiger partial charge is 0.227 e. The first-order valence-corrected chi connectivity index (χ1v) is 8.48. The average Bonchev–Trinajstić information content (AvgIpc) is 2.71. The Labute approximate surface area is 156 Å². The van der Waals surface area contributed by atoms with Gasteiger partial charge in [0.1, 0.15) is 17.3 Å². The molecule has 0 radical (unpaired) electrons. The highest BCUT2D eigenvalue weighted by Crippen LogP contribution is 2.33. The van der Waals surface area contributed by atoms with Crippen molar-refractivity contribution in [1.82, 2.24) is 9.97 Å². The van der Waals surface area contributed by atoms with Gasteiger partial charge in [-0.1, -0.05) is 18.2 Å². The molecule has 5 nitrogen and oxygen atoms in total. The number of hydrogen-bond acceptors (Lipinski definition) is 5. The summed E-state index contributed by atoms with van der Waals surface area (Å²) in [4.78, 5) is 8.58. The molecule has 0 atom stereocenters. The lowest BCUT2D eigenvalue weighted by atomic mass is 10.1. The Hall–Kier alpha value is -3.86. The Morgan fingerprint density at radius 2 is 1.63 bits per heavy atom. The number of benzene rings is 2. The summed E-state index contributed by atoms with van der Waals surface area (Å²) in [6.07, 6.45) is 3.42. The number of rotatable bonds is 5. The van der Waals surface area contributed by atoms with Gasteiger partial charge in [-0.3, -0.25) is 0 Å². The number of aromatic nitrogens is 2. The van der Waals surface area contributed by atoms with Crippen LogP contribution in [0.15, 0.2) is 91.3 Å². The first kappa shape index (κ1) is 16.6. The Bertz CT molecular complexity index is 1030. The summed E-state index contributed by atoms with van der Waals surface area (Å²) in [6.45, 7) is 0. The maximum absolute atomic E-state index is 9.73. The largest absolute Gasteiger partial charge is 0.508 e. The zero-order valence-electron chi connectivity index (χ0n) is 14.4. The van der Waals surface area contributed by atoms with Crippen LogP contribution >= 0.6 is 0 Å². The van der Waals surface area contributed by atoms with Crippen molar-refractivity contribution in [3.63, 3.8) is 0 Å². The highest BCUT2D eigenvalue weighted by atomic mass is 16.5. The van der Waals surface area contributed by atoms with Crippen LogP contribution in [-0.4, -0.2) is 15.1 Å². The first-order chi connectivity index (χ1) is 13.3. The number of pyridine rings is 2. The van der Waals surface area contributed by atoms with E-state index in [9.17, 15) is 5.11 Å². The van der Waals surface area contributed by atoms with Crippen LogP contribution in [0.4, 0.5) is 11.5 Å². The zero-order valence-corrected chi connectivity index (χ0v) is 14.4. The van der Waals surface area contributed by atoms with Crippen molar-refractivity contribution in [2.24, 2.45) is 0 Å². The molecular weight excluding hydrogens is 338 g/mol. The second-order valence-corrected chi connectivity index (χ2v) is 5.87. The number of hydrogen-bond donors (Lipinski definition) is 2. The third-order valence-corrected chi connectivity index (χ3v) is 3.93. The van der Waals surface area contributed by atoms with E-state index >= 15 is 0 Å². The second kappa shape index (κ2) is 7.58. The molecule has 0 bridgehead atoms. The first-order valence-electron chi connectivity index (χ1n) is 8.48. The van der Waals surface area contributed by atoms with E-state index in [1.54, 1.807) is 30.6 Å². The van der Waals surface area contributed by atoms with Crippen molar-refractivity contribution < 1.29 is 9.84 Å². The van der Waals surface area contributed by atoms with Crippen molar-refractivity contribution in [2.75, 3.05) is 5.32 Å². The number of phenolic OH excluding ortho intramolecular Hbond substituents is 1. The van der Waals surface area contributed by atoms with E-state index in [0.717, 1.165) is 22.6 Å². The second-order valence-electron chi connectivity index (χ2n) is 5.87. The Balaban J connectivity index is 1.55. The maximum Gasteiger partial charge on any atom is 0.227 e. The predicted octanol–water partition coefficient (Wildman–Crippen LogP) is 5.39. The minimum Gasteiger partial charge on any atom is -0.508 e. The molecular formula is C22H17N3O2. The van der Waals surface area contributed by atoms with Gasteiger partial charge in [-0.15, -0.1) is 0 Å². The van der Waals surface area contributed by atoms with Gasteiger partial charge in [0.25, 0.3) is 0 Å². The molecule has 0 amide bonds. The normalized spacial score (nSPS) is 10.4. The molecule has 2 aromatic heterocycles. The summed E-state index contributed by atoms with van der Waals surface area (Å²) >= 11 is 0. The van der Waals surface area contributed by atoms with Gasteiger partial charge in [0, 0.05) is 23.6 Å². The minimum atomic E-state index is 0.201. The molecule has 0 aliphatic carbocycles. The Kier molecular flexibility index (Phi) is 4.66. The molecule has 4 aromatic rings. The number of phenols is 1. The van der Waals surface area contributed by atoms with E-state index in [-0.39, 0.29) is 5.75 Å². The molecule has 0 unspecified atom stereocenters. The van der Waals surface area contributed by atoms with Gasteiger partial charge in [0.15, 0.2) is 0 Å². The molecule has 2 N–H and O–H groups in total. The third-order valence-electron chi connectivity index (χ3n) is 3.93. The van der Waals surface area contributed by atoms with E-state index < -0.39 is 0 Å². The van der Waals surface area contributed by atoms with Gasteiger partial charge in [-0.2, -0.15) is 0 Å². The van der Waals surface area contributed by atoms with Gasteiger partial charge < -0.3 is 15.2 Å². The summed E-state index contributed by atoms with van der Waals surface area (Å²) in [5.41, 5.74) is 2.56. The SMILES string of the molecule is Oc1cccc(-c2cccnc2Oc2ccc(Nc3ccccn3)cc2)c1. The summed E-state index contributed by atoms with van der Waals surface area (Å²) in [5.74, 6) is 2.13. The number of aromatic hydroxyl groups is 1. The molecule has 27 heavy (non-hydrogen) atoms. The van der Waals surface area contributed by atoms with Gasteiger partial charge in [0.05, 0.1) is 0 Å². The van der Waals surface area contributed by atoms with Gasteiger partial charge >= 0.3 is 0 Å². The number of nitrogens with zero attached hydrogens (tertiary/aromatic N) is 2. The van der Waals surface area contributed by atoms with E-state index in [2.05, 4.69) is 15.3 Å². The standard InChI is InChI=1S/C22H17N3O2/c26-18-6-3-5-16(15-18)20-7-4-14-24-22(20)27-19-11-9-17(10-12-19)25-21-8-1-2-13-23-21/h1-15,26H,(H,23,25). The van der Waals surface area contributed by atoms with Crippen LogP contribution in [0.1, 0.15) is 0 Å². The van der Waals surface area contributed by atoms with Crippen LogP contribution in [0.25, 0.3) is 11.1 Å². The fourth-order valence-corrected chi connectivity index (χ4v) is 2.67. The molecule has 0 saturated heterocycles. The van der Waals surface area contributed by atoms with E-state index in [1.807, 2.05) is 60.7 Å². The van der Waals surface area contributed by atoms with Gasteiger partial charge in [-0.05, 0) is 66.2 Å². The van der Waals surface area contributed by atoms with Crippen molar-refractivity contribution >= 4 is 11.5 Å². The predicted molar refractivity (Wildman–Crippen MR) is 105 cm³/mol. The highest BCUT2D eigenvalue weighted by molar-refractivity contribution is 5.70. The zero-order chi connectivity index (χ0) is 18.5. The summed E-state index contributed by atoms with van der Waals surface area (Å²) in [5, 5.41) is 13.0. The van der Waals surface area contributed by atoms with Crippen LogP contribution in [0.3, 0.4) is 0 Å². The maximum atomic E-state index is 9.73. The van der Waals surface area contributed by atoms with Crippen molar-refractivity contribution in [3.05, 3.63) is 91.3 Å². The van der Waals surface area contributed by atoms with E-state index in [0.29, 0.717) is 11.6 Å². The van der Waals surface area contributed by atoms with Crippen LogP contribution in [0.5, 0.6) is 17.4 Å². The molecule has 2 heterocycles. The molecule has 0 spiro atoms. The molecule has 132 valence electrons. The molecule has 2 aromatic carbocycles. The lowest BCUT2D eigenvalue weighted by Crippen LogP contribution is -1.94. The monoisotopic (exact) mass is 355 g/mol. The highest BCUT2D eigenvalue weighted by Gasteiger charge is 2.09. The third kappa shape index (κ3) is 4.04. The lowest BCUT2D eigenvalue weighted by Gasteiger charge is -2.11. The average molecular weight is 355 g/mol. The molecule has 0 saturated carbocycles. The van der Waals surface area contributed by atoms with Crippen molar-refractivity contribution in [3.8, 4) is 28.5 Å². The molecule has 0 aliphatic rings. The van der Waals surface area contributed by atoms with Crippen LogP contribution in [0, 0.1) is 0 Å². The van der Waals surface area contributed by atoms with Crippen molar-refractivity contribution in [2.45, 2.75) is 0 Å². The number of nitrogens with one attached hydrogen (secondary N) is 1. The van der Waals surface area contributed by atoms with E-state index in [1.165, 1.54) is 0 Å². The van der Waals surface area contributed by atoms with Crippen LogP contribution < -0.4 is 10.1 Å². The van der Waals surface area contributed by atoms with Gasteiger partial charge in [-0.25, -0.2) is 9.97 Å². The molecule has 5 heteroatoms.